The molecule has 1 heterocycles. The van der Waals surface area contributed by atoms with Gasteiger partial charge in [-0.15, -0.1) is 0 Å². The van der Waals surface area contributed by atoms with E-state index in [1.807, 2.05) is 13.1 Å². The second kappa shape index (κ2) is 7.52. The van der Waals surface area contributed by atoms with Gasteiger partial charge in [0.15, 0.2) is 0 Å². The van der Waals surface area contributed by atoms with E-state index in [1.165, 1.54) is 4.90 Å². The summed E-state index contributed by atoms with van der Waals surface area (Å²) in [6.07, 6.45) is 1.67. The van der Waals surface area contributed by atoms with Crippen molar-refractivity contribution in [3.8, 4) is 0 Å². The smallest absolute Gasteiger partial charge is 0.261 e. The SMILES string of the molecule is CN(CCCN)CCCN1C(=O)c2cccc3c(Cl)ccc(c23)C1=O. The first-order valence-electron chi connectivity index (χ1n) is 8.50. The molecule has 0 fully saturated rings. The molecule has 2 amide bonds. The number of amides is 2. The van der Waals surface area contributed by atoms with Crippen LogP contribution in [0.15, 0.2) is 30.3 Å². The quantitative estimate of drug-likeness (QED) is 0.772. The van der Waals surface area contributed by atoms with Gasteiger partial charge in [-0.1, -0.05) is 23.7 Å². The van der Waals surface area contributed by atoms with E-state index in [4.69, 9.17) is 17.3 Å². The van der Waals surface area contributed by atoms with Crippen LogP contribution in [0.2, 0.25) is 5.02 Å². The summed E-state index contributed by atoms with van der Waals surface area (Å²) in [4.78, 5) is 29.1. The van der Waals surface area contributed by atoms with Crippen LogP contribution < -0.4 is 5.73 Å². The number of halogens is 1. The summed E-state index contributed by atoms with van der Waals surface area (Å²) in [5.41, 5.74) is 6.61. The van der Waals surface area contributed by atoms with Crippen molar-refractivity contribution in [3.05, 3.63) is 46.5 Å². The molecular weight excluding hydrogens is 338 g/mol. The number of carbonyl (C=O) groups excluding carboxylic acids is 2. The molecule has 2 aromatic rings. The first-order chi connectivity index (χ1) is 12.0. The molecule has 0 atom stereocenters. The molecule has 1 aliphatic rings. The molecule has 1 aliphatic heterocycles. The molecule has 0 saturated heterocycles. The fraction of sp³-hybridized carbons (Fsp3) is 0.368. The normalized spacial score (nSPS) is 14.0. The monoisotopic (exact) mass is 359 g/mol. The molecule has 0 aromatic heterocycles. The zero-order chi connectivity index (χ0) is 18.0. The lowest BCUT2D eigenvalue weighted by Crippen LogP contribution is -2.41. The van der Waals surface area contributed by atoms with Crippen molar-refractivity contribution in [2.75, 3.05) is 33.2 Å². The van der Waals surface area contributed by atoms with Gasteiger partial charge in [0.2, 0.25) is 0 Å². The average molecular weight is 360 g/mol. The minimum Gasteiger partial charge on any atom is -0.330 e. The van der Waals surface area contributed by atoms with Gasteiger partial charge in [-0.25, -0.2) is 0 Å². The summed E-state index contributed by atoms with van der Waals surface area (Å²) in [6, 6.07) is 8.84. The standard InChI is InChI=1S/C19H22ClN3O2/c1-22(10-3-9-21)11-4-12-23-18(24)14-6-2-5-13-16(20)8-7-15(17(13)14)19(23)25/h2,5-8H,3-4,9-12,21H2,1H3. The van der Waals surface area contributed by atoms with E-state index >= 15 is 0 Å². The predicted octanol–water partition coefficient (Wildman–Crippen LogP) is 2.76. The second-order valence-electron chi connectivity index (χ2n) is 6.38. The molecule has 5 nitrogen and oxygen atoms in total. The molecule has 0 aliphatic carbocycles. The zero-order valence-corrected chi connectivity index (χ0v) is 15.1. The van der Waals surface area contributed by atoms with E-state index in [9.17, 15) is 9.59 Å². The highest BCUT2D eigenvalue weighted by molar-refractivity contribution is 6.38. The maximum Gasteiger partial charge on any atom is 0.261 e. The van der Waals surface area contributed by atoms with Crippen LogP contribution in [0.5, 0.6) is 0 Å². The number of nitrogens with two attached hydrogens (primary N) is 1. The maximum atomic E-state index is 12.8. The van der Waals surface area contributed by atoms with Gasteiger partial charge < -0.3 is 10.6 Å². The largest absolute Gasteiger partial charge is 0.330 e. The van der Waals surface area contributed by atoms with E-state index in [1.54, 1.807) is 24.3 Å². The fourth-order valence-corrected chi connectivity index (χ4v) is 3.51. The molecule has 0 radical (unpaired) electrons. The van der Waals surface area contributed by atoms with E-state index in [0.717, 1.165) is 31.3 Å². The Balaban J connectivity index is 1.80. The Morgan fingerprint density at radius 3 is 2.44 bits per heavy atom. The van der Waals surface area contributed by atoms with Crippen LogP contribution in [-0.2, 0) is 0 Å². The predicted molar refractivity (Wildman–Crippen MR) is 100 cm³/mol. The van der Waals surface area contributed by atoms with Crippen molar-refractivity contribution in [2.45, 2.75) is 12.8 Å². The Morgan fingerprint density at radius 1 is 1.04 bits per heavy atom. The number of rotatable bonds is 7. The van der Waals surface area contributed by atoms with Gasteiger partial charge in [-0.3, -0.25) is 14.5 Å². The maximum absolute atomic E-state index is 12.8. The molecule has 132 valence electrons. The highest BCUT2D eigenvalue weighted by Crippen LogP contribution is 2.34. The molecule has 0 unspecified atom stereocenters. The van der Waals surface area contributed by atoms with Crippen LogP contribution in [0, 0.1) is 0 Å². The van der Waals surface area contributed by atoms with E-state index in [0.29, 0.717) is 34.6 Å². The number of carbonyl (C=O) groups is 2. The third-order valence-electron chi connectivity index (χ3n) is 4.60. The molecule has 2 N–H and O–H groups in total. The Labute approximate surface area is 152 Å². The topological polar surface area (TPSA) is 66.6 Å². The summed E-state index contributed by atoms with van der Waals surface area (Å²) in [6.45, 7) is 2.80. The van der Waals surface area contributed by atoms with Crippen LogP contribution >= 0.6 is 11.6 Å². The number of imide groups is 1. The van der Waals surface area contributed by atoms with Crippen LogP contribution in [-0.4, -0.2) is 54.8 Å². The molecular formula is C19H22ClN3O2. The summed E-state index contributed by atoms with van der Waals surface area (Å²) in [5, 5.41) is 1.97. The molecule has 0 spiro atoms. The fourth-order valence-electron chi connectivity index (χ4n) is 3.29. The Hall–Kier alpha value is -1.95. The van der Waals surface area contributed by atoms with Crippen LogP contribution in [0.4, 0.5) is 0 Å². The molecule has 6 heteroatoms. The highest BCUT2D eigenvalue weighted by atomic mass is 35.5. The van der Waals surface area contributed by atoms with Crippen molar-refractivity contribution in [3.63, 3.8) is 0 Å². The summed E-state index contributed by atoms with van der Waals surface area (Å²) in [5.74, 6) is -0.482. The lowest BCUT2D eigenvalue weighted by Gasteiger charge is -2.28. The minimum atomic E-state index is -0.241. The van der Waals surface area contributed by atoms with Crippen molar-refractivity contribution < 1.29 is 9.59 Å². The van der Waals surface area contributed by atoms with Crippen LogP contribution in [0.25, 0.3) is 10.8 Å². The summed E-state index contributed by atoms with van der Waals surface area (Å²) in [7, 11) is 2.02. The Morgan fingerprint density at radius 2 is 1.72 bits per heavy atom. The first kappa shape index (κ1) is 17.9. The summed E-state index contributed by atoms with van der Waals surface area (Å²) < 4.78 is 0. The molecule has 2 aromatic carbocycles. The highest BCUT2D eigenvalue weighted by Gasteiger charge is 2.32. The Kier molecular flexibility index (Phi) is 5.37. The van der Waals surface area contributed by atoms with E-state index in [-0.39, 0.29) is 11.8 Å². The van der Waals surface area contributed by atoms with Crippen LogP contribution in [0.1, 0.15) is 33.6 Å². The van der Waals surface area contributed by atoms with Crippen molar-refractivity contribution in [1.82, 2.24) is 9.80 Å². The van der Waals surface area contributed by atoms with Gasteiger partial charge >= 0.3 is 0 Å². The van der Waals surface area contributed by atoms with Gasteiger partial charge in [-0.05, 0) is 57.7 Å². The third kappa shape index (κ3) is 3.40. The average Bonchev–Trinajstić information content (AvgIpc) is 2.62. The number of hydrogen-bond acceptors (Lipinski definition) is 4. The third-order valence-corrected chi connectivity index (χ3v) is 4.93. The van der Waals surface area contributed by atoms with Gasteiger partial charge in [-0.2, -0.15) is 0 Å². The van der Waals surface area contributed by atoms with E-state index < -0.39 is 0 Å². The molecule has 0 saturated carbocycles. The van der Waals surface area contributed by atoms with Gasteiger partial charge in [0, 0.05) is 33.5 Å². The van der Waals surface area contributed by atoms with Gasteiger partial charge in [0.25, 0.3) is 11.8 Å². The summed E-state index contributed by atoms with van der Waals surface area (Å²) >= 11 is 6.22. The first-order valence-corrected chi connectivity index (χ1v) is 8.88. The zero-order valence-electron chi connectivity index (χ0n) is 14.3. The minimum absolute atomic E-state index is 0.241. The molecule has 3 rings (SSSR count). The van der Waals surface area contributed by atoms with Gasteiger partial charge in [0.05, 0.1) is 0 Å². The number of benzene rings is 2. The lowest BCUT2D eigenvalue weighted by molar-refractivity contribution is 0.0605. The molecule has 25 heavy (non-hydrogen) atoms. The van der Waals surface area contributed by atoms with Crippen LogP contribution in [0.3, 0.4) is 0 Å². The number of nitrogens with zero attached hydrogens (tertiary/aromatic N) is 2. The lowest BCUT2D eigenvalue weighted by atomic mass is 9.94. The van der Waals surface area contributed by atoms with Crippen molar-refractivity contribution in [2.24, 2.45) is 5.73 Å². The Bertz CT molecular complexity index is 799. The second-order valence-corrected chi connectivity index (χ2v) is 6.79. The van der Waals surface area contributed by atoms with Gasteiger partial charge in [0.1, 0.15) is 0 Å². The van der Waals surface area contributed by atoms with Crippen molar-refractivity contribution >= 4 is 34.2 Å². The number of hydrogen-bond donors (Lipinski definition) is 1. The molecule has 0 bridgehead atoms. The van der Waals surface area contributed by atoms with E-state index in [2.05, 4.69) is 4.90 Å². The van der Waals surface area contributed by atoms with Crippen molar-refractivity contribution in [1.29, 1.82) is 0 Å².